The van der Waals surface area contributed by atoms with Gasteiger partial charge in [-0.15, -0.1) is 0 Å². The Kier molecular flexibility index (Phi) is 5.89. The van der Waals surface area contributed by atoms with Gasteiger partial charge < -0.3 is 5.32 Å². The van der Waals surface area contributed by atoms with E-state index in [1.165, 1.54) is 0 Å². The first-order valence-electron chi connectivity index (χ1n) is 8.22. The van der Waals surface area contributed by atoms with Crippen LogP contribution in [0.5, 0.6) is 0 Å². The number of hydrogen-bond donors (Lipinski definition) is 2. The maximum Gasteiger partial charge on any atom is 0.261 e. The zero-order chi connectivity index (χ0) is 17.7. The van der Waals surface area contributed by atoms with E-state index in [0.717, 1.165) is 29.8 Å². The molecule has 24 heavy (non-hydrogen) atoms. The average molecular weight is 346 g/mol. The topological polar surface area (TPSA) is 58.2 Å². The highest BCUT2D eigenvalue weighted by molar-refractivity contribution is 7.92. The van der Waals surface area contributed by atoms with E-state index in [4.69, 9.17) is 0 Å². The number of nitrogens with one attached hydrogen (secondary N) is 2. The normalized spacial score (nSPS) is 11.5. The summed E-state index contributed by atoms with van der Waals surface area (Å²) in [5.41, 5.74) is 3.58. The van der Waals surface area contributed by atoms with Gasteiger partial charge in [0.1, 0.15) is 0 Å². The van der Waals surface area contributed by atoms with E-state index in [1.807, 2.05) is 32.0 Å². The van der Waals surface area contributed by atoms with Crippen molar-refractivity contribution in [2.45, 2.75) is 39.0 Å². The second-order valence-electron chi connectivity index (χ2n) is 6.54. The van der Waals surface area contributed by atoms with Gasteiger partial charge in [-0.2, -0.15) is 0 Å². The Hall–Kier alpha value is -2.01. The van der Waals surface area contributed by atoms with Gasteiger partial charge in [0.25, 0.3) is 10.0 Å². The van der Waals surface area contributed by atoms with Crippen molar-refractivity contribution in [3.05, 3.63) is 53.6 Å². The van der Waals surface area contributed by atoms with E-state index in [9.17, 15) is 8.42 Å². The van der Waals surface area contributed by atoms with E-state index in [0.29, 0.717) is 11.6 Å². The Morgan fingerprint density at radius 3 is 2.12 bits per heavy atom. The van der Waals surface area contributed by atoms with Gasteiger partial charge in [0.15, 0.2) is 0 Å². The second kappa shape index (κ2) is 7.71. The quantitative estimate of drug-likeness (QED) is 0.772. The van der Waals surface area contributed by atoms with Gasteiger partial charge in [-0.25, -0.2) is 8.42 Å². The molecule has 0 saturated heterocycles. The Morgan fingerprint density at radius 1 is 0.917 bits per heavy atom. The third-order valence-electron chi connectivity index (χ3n) is 3.98. The maximum atomic E-state index is 12.5. The highest BCUT2D eigenvalue weighted by atomic mass is 32.2. The molecule has 5 heteroatoms. The molecular formula is C19H26N2O2S. The van der Waals surface area contributed by atoms with Crippen molar-refractivity contribution in [2.75, 3.05) is 16.6 Å². The summed E-state index contributed by atoms with van der Waals surface area (Å²) in [6.45, 7) is 9.15. The molecule has 0 unspecified atom stereocenters. The Labute approximate surface area is 145 Å². The predicted octanol–water partition coefficient (Wildman–Crippen LogP) is 4.56. The van der Waals surface area contributed by atoms with Crippen LogP contribution in [0.25, 0.3) is 0 Å². The fraction of sp³-hybridized carbons (Fsp3) is 0.368. The molecule has 130 valence electrons. The predicted molar refractivity (Wildman–Crippen MR) is 101 cm³/mol. The summed E-state index contributed by atoms with van der Waals surface area (Å²) >= 11 is 0. The largest absolute Gasteiger partial charge is 0.385 e. The van der Waals surface area contributed by atoms with Crippen molar-refractivity contribution in [3.8, 4) is 0 Å². The van der Waals surface area contributed by atoms with E-state index >= 15 is 0 Å². The fourth-order valence-corrected chi connectivity index (χ4v) is 3.40. The van der Waals surface area contributed by atoms with Crippen molar-refractivity contribution in [2.24, 2.45) is 5.92 Å². The summed E-state index contributed by atoms with van der Waals surface area (Å²) < 4.78 is 27.6. The second-order valence-corrected chi connectivity index (χ2v) is 8.22. The number of rotatable bonds is 7. The standard InChI is InChI=1S/C19H26N2O2S/c1-14(2)11-12-20-17-6-8-18(9-7-17)21-24(22,23)19-10-5-15(3)16(4)13-19/h5-10,13-14,20-21H,11-12H2,1-4H3. The molecule has 2 aromatic carbocycles. The maximum absolute atomic E-state index is 12.5. The molecule has 0 aliphatic carbocycles. The van der Waals surface area contributed by atoms with Crippen LogP contribution in [0.15, 0.2) is 47.4 Å². The van der Waals surface area contributed by atoms with Crippen molar-refractivity contribution in [3.63, 3.8) is 0 Å². The number of hydrogen-bond acceptors (Lipinski definition) is 3. The number of anilines is 2. The number of aryl methyl sites for hydroxylation is 2. The van der Waals surface area contributed by atoms with Crippen LogP contribution in [0.3, 0.4) is 0 Å². The molecule has 0 aliphatic heterocycles. The zero-order valence-electron chi connectivity index (χ0n) is 14.8. The number of benzene rings is 2. The van der Waals surface area contributed by atoms with Gasteiger partial charge in [0.05, 0.1) is 4.90 Å². The highest BCUT2D eigenvalue weighted by Crippen LogP contribution is 2.20. The molecule has 0 atom stereocenters. The molecule has 0 fully saturated rings. The van der Waals surface area contributed by atoms with Crippen LogP contribution in [0.2, 0.25) is 0 Å². The van der Waals surface area contributed by atoms with E-state index < -0.39 is 10.0 Å². The number of sulfonamides is 1. The Morgan fingerprint density at radius 2 is 1.54 bits per heavy atom. The van der Waals surface area contributed by atoms with Gasteiger partial charge >= 0.3 is 0 Å². The van der Waals surface area contributed by atoms with Crippen LogP contribution >= 0.6 is 0 Å². The van der Waals surface area contributed by atoms with Crippen LogP contribution in [-0.2, 0) is 10.0 Å². The lowest BCUT2D eigenvalue weighted by Gasteiger charge is -2.11. The van der Waals surface area contributed by atoms with Gasteiger partial charge in [-0.1, -0.05) is 19.9 Å². The molecule has 0 saturated carbocycles. The summed E-state index contributed by atoms with van der Waals surface area (Å²) in [5.74, 6) is 0.654. The van der Waals surface area contributed by atoms with E-state index in [-0.39, 0.29) is 4.90 Å². The van der Waals surface area contributed by atoms with Crippen molar-refractivity contribution < 1.29 is 8.42 Å². The van der Waals surface area contributed by atoms with Crippen LogP contribution in [-0.4, -0.2) is 15.0 Å². The first kappa shape index (κ1) is 18.3. The van der Waals surface area contributed by atoms with E-state index in [2.05, 4.69) is 23.9 Å². The Bertz CT molecular complexity index is 782. The molecule has 2 aromatic rings. The lowest BCUT2D eigenvalue weighted by Crippen LogP contribution is -2.13. The van der Waals surface area contributed by atoms with Gasteiger partial charge in [-0.05, 0) is 73.7 Å². The van der Waals surface area contributed by atoms with Crippen molar-refractivity contribution in [1.29, 1.82) is 0 Å². The van der Waals surface area contributed by atoms with Crippen LogP contribution < -0.4 is 10.0 Å². The summed E-state index contributed by atoms with van der Waals surface area (Å²) in [5, 5.41) is 3.33. The molecule has 2 N–H and O–H groups in total. The SMILES string of the molecule is Cc1ccc(S(=O)(=O)Nc2ccc(NCCC(C)C)cc2)cc1C. The minimum Gasteiger partial charge on any atom is -0.385 e. The van der Waals surface area contributed by atoms with Crippen LogP contribution in [0.4, 0.5) is 11.4 Å². The summed E-state index contributed by atoms with van der Waals surface area (Å²) in [4.78, 5) is 0.282. The van der Waals surface area contributed by atoms with Crippen molar-refractivity contribution in [1.82, 2.24) is 0 Å². The molecule has 0 radical (unpaired) electrons. The average Bonchev–Trinajstić information content (AvgIpc) is 2.51. The fourth-order valence-electron chi connectivity index (χ4n) is 2.26. The first-order valence-corrected chi connectivity index (χ1v) is 9.70. The van der Waals surface area contributed by atoms with Crippen molar-refractivity contribution >= 4 is 21.4 Å². The highest BCUT2D eigenvalue weighted by Gasteiger charge is 2.14. The molecular weight excluding hydrogens is 320 g/mol. The molecule has 0 amide bonds. The minimum absolute atomic E-state index is 0.282. The van der Waals surface area contributed by atoms with Crippen LogP contribution in [0, 0.1) is 19.8 Å². The lowest BCUT2D eigenvalue weighted by molar-refractivity contribution is 0.601. The molecule has 0 aromatic heterocycles. The smallest absolute Gasteiger partial charge is 0.261 e. The Balaban J connectivity index is 2.05. The molecule has 0 heterocycles. The third-order valence-corrected chi connectivity index (χ3v) is 5.36. The molecule has 0 aliphatic rings. The van der Waals surface area contributed by atoms with Gasteiger partial charge in [0, 0.05) is 17.9 Å². The van der Waals surface area contributed by atoms with Gasteiger partial charge in [-0.3, -0.25) is 4.72 Å². The lowest BCUT2D eigenvalue weighted by atomic mass is 10.1. The van der Waals surface area contributed by atoms with E-state index in [1.54, 1.807) is 24.3 Å². The van der Waals surface area contributed by atoms with Crippen LogP contribution in [0.1, 0.15) is 31.4 Å². The molecule has 2 rings (SSSR count). The molecule has 4 nitrogen and oxygen atoms in total. The summed E-state index contributed by atoms with van der Waals surface area (Å²) in [7, 11) is -3.56. The summed E-state index contributed by atoms with van der Waals surface area (Å²) in [6, 6.07) is 12.5. The van der Waals surface area contributed by atoms with Gasteiger partial charge in [0.2, 0.25) is 0 Å². The molecule has 0 spiro atoms. The minimum atomic E-state index is -3.56. The zero-order valence-corrected chi connectivity index (χ0v) is 15.6. The monoisotopic (exact) mass is 346 g/mol. The molecule has 0 bridgehead atoms. The first-order chi connectivity index (χ1) is 11.3. The third kappa shape index (κ3) is 4.99. The summed E-state index contributed by atoms with van der Waals surface area (Å²) in [6.07, 6.45) is 1.10.